The van der Waals surface area contributed by atoms with Crippen LogP contribution in [0.5, 0.6) is 0 Å². The van der Waals surface area contributed by atoms with E-state index < -0.39 is 32.7 Å². The van der Waals surface area contributed by atoms with Crippen LogP contribution in [0.3, 0.4) is 0 Å². The lowest BCUT2D eigenvalue weighted by Gasteiger charge is -2.26. The van der Waals surface area contributed by atoms with Crippen molar-refractivity contribution in [3.63, 3.8) is 0 Å². The van der Waals surface area contributed by atoms with E-state index in [0.29, 0.717) is 19.5 Å². The maximum Gasteiger partial charge on any atom is 0.244 e. The van der Waals surface area contributed by atoms with Gasteiger partial charge < -0.3 is 10.6 Å². The monoisotopic (exact) mass is 393 g/mol. The number of nitrogens with one attached hydrogen (secondary N) is 1. The van der Waals surface area contributed by atoms with Crippen molar-refractivity contribution in [2.75, 3.05) is 19.6 Å². The fourth-order valence-corrected chi connectivity index (χ4v) is 3.96. The normalized spacial score (nSPS) is 12.6. The van der Waals surface area contributed by atoms with Crippen molar-refractivity contribution >= 4 is 15.9 Å². The maximum absolute atomic E-state index is 13.8. The summed E-state index contributed by atoms with van der Waals surface area (Å²) in [5.74, 6) is -1.27. The first-order valence-electron chi connectivity index (χ1n) is 8.65. The molecule has 8 heteroatoms. The minimum atomic E-state index is -4.15. The van der Waals surface area contributed by atoms with Crippen LogP contribution >= 0.6 is 0 Å². The minimum Gasteiger partial charge on any atom is -0.340 e. The van der Waals surface area contributed by atoms with Crippen molar-refractivity contribution in [2.24, 2.45) is 5.73 Å². The molecule has 0 bridgehead atoms. The lowest BCUT2D eigenvalue weighted by molar-refractivity contribution is -0.132. The second-order valence-electron chi connectivity index (χ2n) is 6.12. The van der Waals surface area contributed by atoms with Crippen LogP contribution in [-0.2, 0) is 21.2 Å². The molecule has 1 amide bonds. The smallest absolute Gasteiger partial charge is 0.244 e. The fourth-order valence-electron chi connectivity index (χ4n) is 2.68. The van der Waals surface area contributed by atoms with Crippen LogP contribution in [0.25, 0.3) is 0 Å². The Kier molecular flexibility index (Phi) is 7.46. The molecule has 0 aliphatic heterocycles. The van der Waals surface area contributed by atoms with E-state index >= 15 is 0 Å². The average molecular weight is 393 g/mol. The molecular weight excluding hydrogens is 369 g/mol. The summed E-state index contributed by atoms with van der Waals surface area (Å²) < 4.78 is 40.8. The number of rotatable bonds is 9. The summed E-state index contributed by atoms with van der Waals surface area (Å²) in [5.41, 5.74) is 6.65. The molecule has 0 spiro atoms. The van der Waals surface area contributed by atoms with Crippen molar-refractivity contribution in [1.82, 2.24) is 9.62 Å². The summed E-state index contributed by atoms with van der Waals surface area (Å²) in [6.45, 7) is 2.41. The van der Waals surface area contributed by atoms with E-state index in [1.165, 1.54) is 24.0 Å². The Morgan fingerprint density at radius 1 is 1.11 bits per heavy atom. The molecule has 146 valence electrons. The lowest BCUT2D eigenvalue weighted by Crippen LogP contribution is -2.48. The number of hydrogen-bond donors (Lipinski definition) is 2. The van der Waals surface area contributed by atoms with E-state index in [1.807, 2.05) is 30.3 Å². The molecule has 0 saturated carbocycles. The number of carbonyl (C=O) groups is 1. The van der Waals surface area contributed by atoms with Gasteiger partial charge in [-0.3, -0.25) is 4.79 Å². The Bertz CT molecular complexity index is 860. The van der Waals surface area contributed by atoms with Crippen molar-refractivity contribution in [3.05, 3.63) is 66.0 Å². The second kappa shape index (κ2) is 9.59. The molecule has 0 heterocycles. The predicted octanol–water partition coefficient (Wildman–Crippen LogP) is 1.52. The van der Waals surface area contributed by atoms with Crippen LogP contribution < -0.4 is 10.5 Å². The number of nitrogens with two attached hydrogens (primary N) is 1. The van der Waals surface area contributed by atoms with E-state index in [0.717, 1.165) is 17.7 Å². The molecule has 3 N–H and O–H groups in total. The van der Waals surface area contributed by atoms with Gasteiger partial charge in [0.2, 0.25) is 15.9 Å². The molecule has 0 aromatic heterocycles. The molecule has 1 atom stereocenters. The van der Waals surface area contributed by atoms with Crippen LogP contribution in [0.15, 0.2) is 59.5 Å². The zero-order valence-corrected chi connectivity index (χ0v) is 16.0. The van der Waals surface area contributed by atoms with Crippen molar-refractivity contribution in [3.8, 4) is 0 Å². The van der Waals surface area contributed by atoms with E-state index in [4.69, 9.17) is 5.73 Å². The van der Waals surface area contributed by atoms with E-state index in [1.54, 1.807) is 0 Å². The van der Waals surface area contributed by atoms with Crippen LogP contribution in [0.4, 0.5) is 4.39 Å². The highest BCUT2D eigenvalue weighted by Gasteiger charge is 2.27. The van der Waals surface area contributed by atoms with Gasteiger partial charge in [-0.25, -0.2) is 12.8 Å². The van der Waals surface area contributed by atoms with Gasteiger partial charge in [0.1, 0.15) is 10.7 Å². The number of amides is 1. The third kappa shape index (κ3) is 5.85. The molecule has 2 rings (SSSR count). The van der Waals surface area contributed by atoms with E-state index in [-0.39, 0.29) is 6.54 Å². The zero-order valence-electron chi connectivity index (χ0n) is 15.1. The maximum atomic E-state index is 13.8. The summed E-state index contributed by atoms with van der Waals surface area (Å²) in [4.78, 5) is 13.7. The highest BCUT2D eigenvalue weighted by Crippen LogP contribution is 2.14. The van der Waals surface area contributed by atoms with Gasteiger partial charge in [-0.05, 0) is 31.0 Å². The number of benzene rings is 2. The van der Waals surface area contributed by atoms with Gasteiger partial charge in [0.15, 0.2) is 0 Å². The second-order valence-corrected chi connectivity index (χ2v) is 7.81. The summed E-state index contributed by atoms with van der Waals surface area (Å²) in [7, 11) is -4.15. The summed E-state index contributed by atoms with van der Waals surface area (Å²) >= 11 is 0. The first kappa shape index (κ1) is 21.0. The summed E-state index contributed by atoms with van der Waals surface area (Å²) in [6, 6.07) is 13.6. The fraction of sp³-hybridized carbons (Fsp3) is 0.316. The molecule has 2 aromatic rings. The van der Waals surface area contributed by atoms with Crippen LogP contribution in [0, 0.1) is 5.82 Å². The highest BCUT2D eigenvalue weighted by molar-refractivity contribution is 7.89. The molecule has 0 aliphatic carbocycles. The zero-order chi connectivity index (χ0) is 19.9. The Morgan fingerprint density at radius 3 is 2.37 bits per heavy atom. The largest absolute Gasteiger partial charge is 0.340 e. The number of halogens is 1. The van der Waals surface area contributed by atoms with Gasteiger partial charge in [-0.1, -0.05) is 42.5 Å². The van der Waals surface area contributed by atoms with Crippen molar-refractivity contribution < 1.29 is 17.6 Å². The molecular formula is C19H24FN3O3S. The lowest BCUT2D eigenvalue weighted by atomic mass is 10.1. The van der Waals surface area contributed by atoms with Crippen molar-refractivity contribution in [1.29, 1.82) is 0 Å². The third-order valence-electron chi connectivity index (χ3n) is 4.05. The van der Waals surface area contributed by atoms with Gasteiger partial charge in [0, 0.05) is 19.6 Å². The quantitative estimate of drug-likeness (QED) is 0.676. The number of carbonyl (C=O) groups excluding carboxylic acids is 1. The molecule has 1 unspecified atom stereocenters. The van der Waals surface area contributed by atoms with Gasteiger partial charge in [-0.15, -0.1) is 0 Å². The molecule has 2 aromatic carbocycles. The molecule has 0 radical (unpaired) electrons. The first-order valence-corrected chi connectivity index (χ1v) is 10.1. The Hall–Kier alpha value is -2.29. The van der Waals surface area contributed by atoms with Crippen LogP contribution in [-0.4, -0.2) is 44.9 Å². The highest BCUT2D eigenvalue weighted by atomic mass is 32.2. The van der Waals surface area contributed by atoms with Crippen LogP contribution in [0.1, 0.15) is 12.5 Å². The molecule has 0 saturated heterocycles. The van der Waals surface area contributed by atoms with E-state index in [2.05, 4.69) is 4.72 Å². The number of sulfonamides is 1. The Balaban J connectivity index is 2.07. The number of hydrogen-bond acceptors (Lipinski definition) is 4. The number of nitrogens with zero attached hydrogens (tertiary/aromatic N) is 1. The summed E-state index contributed by atoms with van der Waals surface area (Å²) in [6.07, 6.45) is 0.624. The SMILES string of the molecule is CC(NS(=O)(=O)c1ccccc1F)C(=O)N(CCN)CCc1ccccc1. The molecule has 0 fully saturated rings. The average Bonchev–Trinajstić information content (AvgIpc) is 2.65. The van der Waals surface area contributed by atoms with Gasteiger partial charge in [-0.2, -0.15) is 4.72 Å². The van der Waals surface area contributed by atoms with Gasteiger partial charge in [0.05, 0.1) is 6.04 Å². The minimum absolute atomic E-state index is 0.257. The summed E-state index contributed by atoms with van der Waals surface area (Å²) in [5, 5.41) is 0. The molecule has 27 heavy (non-hydrogen) atoms. The van der Waals surface area contributed by atoms with Crippen molar-refractivity contribution in [2.45, 2.75) is 24.3 Å². The first-order chi connectivity index (χ1) is 12.8. The topological polar surface area (TPSA) is 92.5 Å². The standard InChI is InChI=1S/C19H24FN3O3S/c1-15(22-27(25,26)18-10-6-5-9-17(18)20)19(24)23(14-12-21)13-11-16-7-3-2-4-8-16/h2-10,15,22H,11-14,21H2,1H3. The predicted molar refractivity (Wildman–Crippen MR) is 102 cm³/mol. The van der Waals surface area contributed by atoms with Gasteiger partial charge in [0.25, 0.3) is 0 Å². The van der Waals surface area contributed by atoms with Crippen LogP contribution in [0.2, 0.25) is 0 Å². The molecule has 6 nitrogen and oxygen atoms in total. The van der Waals surface area contributed by atoms with E-state index in [9.17, 15) is 17.6 Å². The Labute approximate surface area is 159 Å². The Morgan fingerprint density at radius 2 is 1.74 bits per heavy atom. The van der Waals surface area contributed by atoms with Gasteiger partial charge >= 0.3 is 0 Å². The third-order valence-corrected chi connectivity index (χ3v) is 5.63. The molecule has 0 aliphatic rings.